The second kappa shape index (κ2) is 8.34. The summed E-state index contributed by atoms with van der Waals surface area (Å²) in [5.41, 5.74) is 4.95. The molecule has 2 aromatic carbocycles. The van der Waals surface area contributed by atoms with Crippen molar-refractivity contribution in [3.8, 4) is 0 Å². The number of hydrazone groups is 1. The van der Waals surface area contributed by atoms with Crippen LogP contribution in [0.4, 0.5) is 5.69 Å². The summed E-state index contributed by atoms with van der Waals surface area (Å²) in [5.74, 6) is -0.506. The minimum atomic E-state index is -0.317. The number of hydrogen-bond acceptors (Lipinski definition) is 4. The molecular weight excluding hydrogens is 328 g/mol. The van der Waals surface area contributed by atoms with Crippen molar-refractivity contribution < 1.29 is 9.59 Å². The number of rotatable bonds is 5. The fourth-order valence-electron chi connectivity index (χ4n) is 2.18. The second-order valence-corrected chi connectivity index (χ2v) is 5.38. The van der Waals surface area contributed by atoms with Crippen LogP contribution in [0.3, 0.4) is 0 Å². The lowest BCUT2D eigenvalue weighted by Crippen LogP contribution is -2.17. The van der Waals surface area contributed by atoms with Crippen LogP contribution >= 0.6 is 0 Å². The lowest BCUT2D eigenvalue weighted by atomic mass is 10.1. The van der Waals surface area contributed by atoms with Gasteiger partial charge in [-0.1, -0.05) is 30.3 Å². The standard InChI is InChI=1S/C20H16N4O2/c25-19(23-18-4-2-1-3-5-18)16-8-6-15(7-9-16)14-22-24-20(26)17-10-12-21-13-11-17/h1-14H,(H,23,25)(H,24,26)/b22-14+. The Kier molecular flexibility index (Phi) is 5.47. The largest absolute Gasteiger partial charge is 0.322 e. The summed E-state index contributed by atoms with van der Waals surface area (Å²) in [7, 11) is 0. The lowest BCUT2D eigenvalue weighted by molar-refractivity contribution is 0.0954. The molecule has 0 saturated carbocycles. The Morgan fingerprint density at radius 1 is 0.808 bits per heavy atom. The number of nitrogens with one attached hydrogen (secondary N) is 2. The van der Waals surface area contributed by atoms with Crippen molar-refractivity contribution in [3.05, 3.63) is 95.8 Å². The van der Waals surface area contributed by atoms with Gasteiger partial charge in [0.25, 0.3) is 11.8 Å². The minimum Gasteiger partial charge on any atom is -0.322 e. The fraction of sp³-hybridized carbons (Fsp3) is 0. The summed E-state index contributed by atoms with van der Waals surface area (Å²) in [6, 6.07) is 19.4. The van der Waals surface area contributed by atoms with E-state index < -0.39 is 0 Å². The van der Waals surface area contributed by atoms with E-state index in [1.807, 2.05) is 30.3 Å². The minimum absolute atomic E-state index is 0.189. The van der Waals surface area contributed by atoms with E-state index in [0.29, 0.717) is 11.1 Å². The van der Waals surface area contributed by atoms with Gasteiger partial charge in [-0.05, 0) is 42.0 Å². The third-order valence-electron chi connectivity index (χ3n) is 3.53. The maximum Gasteiger partial charge on any atom is 0.271 e. The molecule has 0 aliphatic rings. The topological polar surface area (TPSA) is 83.5 Å². The molecule has 1 heterocycles. The molecule has 3 rings (SSSR count). The van der Waals surface area contributed by atoms with Crippen molar-refractivity contribution in [1.82, 2.24) is 10.4 Å². The van der Waals surface area contributed by atoms with Gasteiger partial charge in [-0.2, -0.15) is 5.10 Å². The number of pyridine rings is 1. The summed E-state index contributed by atoms with van der Waals surface area (Å²) in [6.45, 7) is 0. The van der Waals surface area contributed by atoms with Crippen LogP contribution in [0.15, 0.2) is 84.2 Å². The monoisotopic (exact) mass is 344 g/mol. The predicted molar refractivity (Wildman–Crippen MR) is 100 cm³/mol. The van der Waals surface area contributed by atoms with E-state index in [1.54, 1.807) is 36.4 Å². The first kappa shape index (κ1) is 17.0. The van der Waals surface area contributed by atoms with Crippen LogP contribution in [-0.2, 0) is 0 Å². The highest BCUT2D eigenvalue weighted by Gasteiger charge is 2.05. The van der Waals surface area contributed by atoms with Crippen molar-refractivity contribution in [3.63, 3.8) is 0 Å². The summed E-state index contributed by atoms with van der Waals surface area (Å²) in [6.07, 6.45) is 4.59. The molecule has 6 heteroatoms. The molecule has 1 aromatic heterocycles. The average molecular weight is 344 g/mol. The van der Waals surface area contributed by atoms with Gasteiger partial charge in [0.15, 0.2) is 0 Å². The molecule has 6 nitrogen and oxygen atoms in total. The van der Waals surface area contributed by atoms with Crippen LogP contribution in [0.1, 0.15) is 26.3 Å². The fourth-order valence-corrected chi connectivity index (χ4v) is 2.18. The molecule has 128 valence electrons. The summed E-state index contributed by atoms with van der Waals surface area (Å²) in [4.78, 5) is 27.9. The van der Waals surface area contributed by atoms with Gasteiger partial charge < -0.3 is 5.32 Å². The Hall–Kier alpha value is -3.80. The molecular formula is C20H16N4O2. The van der Waals surface area contributed by atoms with Gasteiger partial charge in [0.1, 0.15) is 0 Å². The Balaban J connectivity index is 1.57. The maximum atomic E-state index is 12.2. The molecule has 0 spiro atoms. The van der Waals surface area contributed by atoms with E-state index in [2.05, 4.69) is 20.8 Å². The Bertz CT molecular complexity index is 908. The van der Waals surface area contributed by atoms with Crippen molar-refractivity contribution in [1.29, 1.82) is 0 Å². The maximum absolute atomic E-state index is 12.2. The molecule has 2 N–H and O–H groups in total. The molecule has 3 aromatic rings. The molecule has 0 unspecified atom stereocenters. The molecule has 2 amide bonds. The number of hydrogen-bond donors (Lipinski definition) is 2. The molecule has 0 aliphatic heterocycles. The number of amides is 2. The van der Waals surface area contributed by atoms with Crippen LogP contribution in [0.25, 0.3) is 0 Å². The van der Waals surface area contributed by atoms with E-state index in [1.165, 1.54) is 18.6 Å². The Morgan fingerprint density at radius 2 is 1.46 bits per heavy atom. The molecule has 0 saturated heterocycles. The van der Waals surface area contributed by atoms with Crippen LogP contribution in [-0.4, -0.2) is 23.0 Å². The number of para-hydroxylation sites is 1. The van der Waals surface area contributed by atoms with Crippen LogP contribution in [0, 0.1) is 0 Å². The Labute approximate surface area is 150 Å². The van der Waals surface area contributed by atoms with Crippen molar-refractivity contribution in [2.75, 3.05) is 5.32 Å². The number of carbonyl (C=O) groups is 2. The number of carbonyl (C=O) groups excluding carboxylic acids is 2. The third kappa shape index (κ3) is 4.61. The first-order chi connectivity index (χ1) is 12.7. The number of nitrogens with zero attached hydrogens (tertiary/aromatic N) is 2. The highest BCUT2D eigenvalue weighted by atomic mass is 16.2. The highest BCUT2D eigenvalue weighted by Crippen LogP contribution is 2.09. The first-order valence-electron chi connectivity index (χ1n) is 7.92. The van der Waals surface area contributed by atoms with Gasteiger partial charge >= 0.3 is 0 Å². The van der Waals surface area contributed by atoms with Gasteiger partial charge in [0.2, 0.25) is 0 Å². The molecule has 26 heavy (non-hydrogen) atoms. The highest BCUT2D eigenvalue weighted by molar-refractivity contribution is 6.04. The third-order valence-corrected chi connectivity index (χ3v) is 3.53. The summed E-state index contributed by atoms with van der Waals surface area (Å²) < 4.78 is 0. The molecule has 0 atom stereocenters. The molecule has 0 fully saturated rings. The second-order valence-electron chi connectivity index (χ2n) is 5.38. The van der Waals surface area contributed by atoms with Gasteiger partial charge in [0, 0.05) is 29.2 Å². The zero-order valence-electron chi connectivity index (χ0n) is 13.8. The number of anilines is 1. The zero-order chi connectivity index (χ0) is 18.2. The van der Waals surface area contributed by atoms with Crippen molar-refractivity contribution in [2.24, 2.45) is 5.10 Å². The van der Waals surface area contributed by atoms with Gasteiger partial charge in [0.05, 0.1) is 6.21 Å². The van der Waals surface area contributed by atoms with E-state index in [-0.39, 0.29) is 11.8 Å². The van der Waals surface area contributed by atoms with Crippen molar-refractivity contribution >= 4 is 23.7 Å². The quantitative estimate of drug-likeness (QED) is 0.551. The average Bonchev–Trinajstić information content (AvgIpc) is 2.70. The summed E-state index contributed by atoms with van der Waals surface area (Å²) in [5, 5.41) is 6.73. The molecule has 0 radical (unpaired) electrons. The van der Waals surface area contributed by atoms with Crippen LogP contribution < -0.4 is 10.7 Å². The van der Waals surface area contributed by atoms with E-state index in [0.717, 1.165) is 11.3 Å². The van der Waals surface area contributed by atoms with Gasteiger partial charge in [-0.15, -0.1) is 0 Å². The molecule has 0 bridgehead atoms. The number of aromatic nitrogens is 1. The zero-order valence-corrected chi connectivity index (χ0v) is 13.8. The predicted octanol–water partition coefficient (Wildman–Crippen LogP) is 3.10. The van der Waals surface area contributed by atoms with E-state index >= 15 is 0 Å². The Morgan fingerprint density at radius 3 is 2.15 bits per heavy atom. The lowest BCUT2D eigenvalue weighted by Gasteiger charge is -2.05. The van der Waals surface area contributed by atoms with Gasteiger partial charge in [-0.25, -0.2) is 5.43 Å². The van der Waals surface area contributed by atoms with E-state index in [4.69, 9.17) is 0 Å². The van der Waals surface area contributed by atoms with E-state index in [9.17, 15) is 9.59 Å². The van der Waals surface area contributed by atoms with Gasteiger partial charge in [-0.3, -0.25) is 14.6 Å². The SMILES string of the molecule is O=C(N/N=C/c1ccc(C(=O)Nc2ccccc2)cc1)c1ccncc1. The van der Waals surface area contributed by atoms with Crippen LogP contribution in [0.2, 0.25) is 0 Å². The summed E-state index contributed by atoms with van der Waals surface area (Å²) >= 11 is 0. The molecule has 0 aliphatic carbocycles. The first-order valence-corrected chi connectivity index (χ1v) is 7.92. The normalized spacial score (nSPS) is 10.5. The number of benzene rings is 2. The van der Waals surface area contributed by atoms with Crippen LogP contribution in [0.5, 0.6) is 0 Å². The smallest absolute Gasteiger partial charge is 0.271 e. The van der Waals surface area contributed by atoms with Crippen molar-refractivity contribution in [2.45, 2.75) is 0 Å².